The Hall–Kier alpha value is -3.65. The highest BCUT2D eigenvalue weighted by atomic mass is 16.5. The van der Waals surface area contributed by atoms with E-state index in [2.05, 4.69) is 10.6 Å². The molecule has 2 aromatic carbocycles. The smallest absolute Gasteiger partial charge is 0.338 e. The fraction of sp³-hybridized carbons (Fsp3) is 0.261. The average Bonchev–Trinajstić information content (AvgIpc) is 2.78. The van der Waals surface area contributed by atoms with Gasteiger partial charge in [-0.3, -0.25) is 0 Å². The number of urea groups is 1. The number of hydrogen-bond donors (Lipinski definition) is 2. The quantitative estimate of drug-likeness (QED) is 0.632. The molecule has 8 heteroatoms. The summed E-state index contributed by atoms with van der Waals surface area (Å²) in [6.45, 7) is 2.00. The van der Waals surface area contributed by atoms with E-state index >= 15 is 0 Å². The molecule has 1 unspecified atom stereocenters. The van der Waals surface area contributed by atoms with Crippen molar-refractivity contribution in [3.63, 3.8) is 0 Å². The Morgan fingerprint density at radius 3 is 2.29 bits per heavy atom. The highest BCUT2D eigenvalue weighted by Gasteiger charge is 2.34. The zero-order chi connectivity index (χ0) is 22.2. The molecular weight excluding hydrogens is 400 g/mol. The number of amides is 2. The van der Waals surface area contributed by atoms with E-state index in [1.54, 1.807) is 62.6 Å². The van der Waals surface area contributed by atoms with E-state index in [1.165, 1.54) is 0 Å². The molecule has 2 N–H and O–H groups in total. The second-order valence-electron chi connectivity index (χ2n) is 6.76. The Morgan fingerprint density at radius 1 is 0.935 bits per heavy atom. The molecule has 1 heterocycles. The van der Waals surface area contributed by atoms with Crippen LogP contribution in [0.5, 0.6) is 0 Å². The zero-order valence-corrected chi connectivity index (χ0v) is 17.3. The molecule has 2 aromatic rings. The van der Waals surface area contributed by atoms with Gasteiger partial charge < -0.3 is 24.8 Å². The third-order valence-electron chi connectivity index (χ3n) is 4.63. The first-order chi connectivity index (χ1) is 15.0. The molecule has 162 valence electrons. The van der Waals surface area contributed by atoms with Crippen molar-refractivity contribution in [3.8, 4) is 0 Å². The molecule has 0 fully saturated rings. The highest BCUT2D eigenvalue weighted by molar-refractivity contribution is 5.95. The van der Waals surface area contributed by atoms with Crippen LogP contribution >= 0.6 is 0 Å². The van der Waals surface area contributed by atoms with Crippen LogP contribution in [-0.2, 0) is 25.6 Å². The molecule has 1 aliphatic rings. The van der Waals surface area contributed by atoms with Crippen molar-refractivity contribution in [1.29, 1.82) is 0 Å². The average molecular weight is 424 g/mol. The maximum absolute atomic E-state index is 12.7. The minimum Gasteiger partial charge on any atom is -0.463 e. The number of esters is 2. The van der Waals surface area contributed by atoms with Crippen LogP contribution < -0.4 is 10.6 Å². The Kier molecular flexibility index (Phi) is 7.40. The molecule has 0 aromatic heterocycles. The van der Waals surface area contributed by atoms with Crippen molar-refractivity contribution in [2.24, 2.45) is 0 Å². The van der Waals surface area contributed by atoms with Crippen molar-refractivity contribution < 1.29 is 28.6 Å². The van der Waals surface area contributed by atoms with Crippen molar-refractivity contribution in [3.05, 3.63) is 82.6 Å². The number of benzene rings is 2. The van der Waals surface area contributed by atoms with Crippen molar-refractivity contribution >= 4 is 18.0 Å². The largest absolute Gasteiger partial charge is 0.463 e. The molecule has 8 nitrogen and oxygen atoms in total. The minimum absolute atomic E-state index is 0.165. The topological polar surface area (TPSA) is 103 Å². The van der Waals surface area contributed by atoms with Gasteiger partial charge in [0, 0.05) is 7.11 Å². The molecule has 0 spiro atoms. The van der Waals surface area contributed by atoms with Crippen LogP contribution in [0.4, 0.5) is 4.79 Å². The lowest BCUT2D eigenvalue weighted by Crippen LogP contribution is -2.47. The summed E-state index contributed by atoms with van der Waals surface area (Å²) in [6, 6.07) is 14.6. The summed E-state index contributed by atoms with van der Waals surface area (Å²) >= 11 is 0. The second kappa shape index (κ2) is 10.4. The number of methoxy groups -OCH3 is 1. The van der Waals surface area contributed by atoms with E-state index < -0.39 is 24.0 Å². The molecule has 1 atom stereocenters. The summed E-state index contributed by atoms with van der Waals surface area (Å²) in [5, 5.41) is 5.30. The van der Waals surface area contributed by atoms with E-state index in [0.29, 0.717) is 17.7 Å². The monoisotopic (exact) mass is 424 g/mol. The van der Waals surface area contributed by atoms with Gasteiger partial charge in [0.2, 0.25) is 0 Å². The van der Waals surface area contributed by atoms with Gasteiger partial charge in [-0.15, -0.1) is 0 Å². The van der Waals surface area contributed by atoms with Crippen molar-refractivity contribution in [2.75, 3.05) is 20.3 Å². The highest BCUT2D eigenvalue weighted by Crippen LogP contribution is 2.28. The molecule has 31 heavy (non-hydrogen) atoms. The molecule has 0 aliphatic carbocycles. The lowest BCUT2D eigenvalue weighted by atomic mass is 9.95. The van der Waals surface area contributed by atoms with Gasteiger partial charge in [0.15, 0.2) is 0 Å². The first-order valence-corrected chi connectivity index (χ1v) is 9.81. The molecule has 3 rings (SSSR count). The molecule has 0 radical (unpaired) electrons. The predicted molar refractivity (Wildman–Crippen MR) is 112 cm³/mol. The van der Waals surface area contributed by atoms with Crippen LogP contribution in [0.3, 0.4) is 0 Å². The van der Waals surface area contributed by atoms with Crippen LogP contribution in [-0.4, -0.2) is 38.3 Å². The van der Waals surface area contributed by atoms with Gasteiger partial charge in [-0.05, 0) is 30.2 Å². The van der Waals surface area contributed by atoms with Gasteiger partial charge in [0.25, 0.3) is 0 Å². The predicted octanol–water partition coefficient (Wildman–Crippen LogP) is 2.86. The van der Waals surface area contributed by atoms with E-state index in [-0.39, 0.29) is 24.5 Å². The fourth-order valence-corrected chi connectivity index (χ4v) is 3.20. The first kappa shape index (κ1) is 22.0. The van der Waals surface area contributed by atoms with Crippen LogP contribution in [0.25, 0.3) is 0 Å². The van der Waals surface area contributed by atoms with Gasteiger partial charge in [-0.2, -0.15) is 0 Å². The molecule has 2 amide bonds. The van der Waals surface area contributed by atoms with E-state index in [9.17, 15) is 14.4 Å². The number of ether oxygens (including phenoxy) is 3. The number of carbonyl (C=O) groups excluding carboxylic acids is 3. The second-order valence-corrected chi connectivity index (χ2v) is 6.76. The lowest BCUT2D eigenvalue weighted by molar-refractivity contribution is -0.139. The van der Waals surface area contributed by atoms with E-state index in [1.807, 2.05) is 6.07 Å². The summed E-state index contributed by atoms with van der Waals surface area (Å²) < 4.78 is 15.6. The van der Waals surface area contributed by atoms with Gasteiger partial charge in [-0.1, -0.05) is 42.5 Å². The van der Waals surface area contributed by atoms with Crippen molar-refractivity contribution in [2.45, 2.75) is 19.6 Å². The maximum atomic E-state index is 12.7. The maximum Gasteiger partial charge on any atom is 0.338 e. The van der Waals surface area contributed by atoms with Crippen molar-refractivity contribution in [1.82, 2.24) is 10.6 Å². The van der Waals surface area contributed by atoms with Crippen LogP contribution in [0, 0.1) is 0 Å². The zero-order valence-electron chi connectivity index (χ0n) is 17.3. The SMILES string of the molecule is CCOC(=O)C1=C(COC(=O)c2ccc(COC)cc2)NC(=O)NC1c1ccccc1. The summed E-state index contributed by atoms with van der Waals surface area (Å²) in [7, 11) is 1.59. The standard InChI is InChI=1S/C23H24N2O6/c1-3-30-22(27)19-18(24-23(28)25-20(19)16-7-5-4-6-8-16)14-31-21(26)17-11-9-15(10-12-17)13-29-2/h4-12,20H,3,13-14H2,1-2H3,(H2,24,25,28). The van der Waals surface area contributed by atoms with Crippen LogP contribution in [0.2, 0.25) is 0 Å². The Balaban J connectivity index is 1.84. The number of carbonyl (C=O) groups is 3. The Morgan fingerprint density at radius 2 is 1.65 bits per heavy atom. The number of nitrogens with one attached hydrogen (secondary N) is 2. The minimum atomic E-state index is -0.726. The third-order valence-corrected chi connectivity index (χ3v) is 4.63. The summed E-state index contributed by atoms with van der Waals surface area (Å²) in [6.07, 6.45) is 0. The molecule has 0 bridgehead atoms. The number of rotatable bonds is 8. The fourth-order valence-electron chi connectivity index (χ4n) is 3.20. The van der Waals surface area contributed by atoms with Gasteiger partial charge in [0.05, 0.1) is 36.1 Å². The van der Waals surface area contributed by atoms with Gasteiger partial charge in [-0.25, -0.2) is 14.4 Å². The molecule has 0 saturated carbocycles. The third kappa shape index (κ3) is 5.49. The summed E-state index contributed by atoms with van der Waals surface area (Å²) in [5.74, 6) is -1.18. The Bertz CT molecular complexity index is 969. The molecular formula is C23H24N2O6. The lowest BCUT2D eigenvalue weighted by Gasteiger charge is -2.29. The Labute approximate surface area is 180 Å². The van der Waals surface area contributed by atoms with E-state index in [0.717, 1.165) is 5.56 Å². The first-order valence-electron chi connectivity index (χ1n) is 9.81. The van der Waals surface area contributed by atoms with Gasteiger partial charge in [0.1, 0.15) is 6.61 Å². The normalized spacial score (nSPS) is 15.7. The van der Waals surface area contributed by atoms with Crippen LogP contribution in [0.15, 0.2) is 65.9 Å². The molecule has 0 saturated heterocycles. The van der Waals surface area contributed by atoms with Crippen LogP contribution in [0.1, 0.15) is 34.5 Å². The summed E-state index contributed by atoms with van der Waals surface area (Å²) in [5.41, 5.74) is 2.34. The number of hydrogen-bond acceptors (Lipinski definition) is 6. The van der Waals surface area contributed by atoms with Gasteiger partial charge >= 0.3 is 18.0 Å². The van der Waals surface area contributed by atoms with E-state index in [4.69, 9.17) is 14.2 Å². The summed E-state index contributed by atoms with van der Waals surface area (Å²) in [4.78, 5) is 37.4. The molecule has 1 aliphatic heterocycles.